The molecule has 0 unspecified atom stereocenters. The van der Waals surface area contributed by atoms with Crippen molar-refractivity contribution in [1.29, 1.82) is 0 Å². The van der Waals surface area contributed by atoms with Gasteiger partial charge in [-0.2, -0.15) is 0 Å². The molecule has 7 nitrogen and oxygen atoms in total. The standard InChI is InChI=1S/C10H9F3N2O5/c1-3-19-9(16)8-5(2)14-7(15(17)18)4-6(8)20-10(11,12)13/h4H,3H2,1-2H3. The molecule has 0 fully saturated rings. The number of esters is 1. The molecule has 0 saturated heterocycles. The summed E-state index contributed by atoms with van der Waals surface area (Å²) < 4.78 is 45.0. The molecule has 0 aliphatic rings. The minimum atomic E-state index is -5.11. The Morgan fingerprint density at radius 3 is 2.55 bits per heavy atom. The summed E-state index contributed by atoms with van der Waals surface area (Å²) in [7, 11) is 0. The average Bonchev–Trinajstić information content (AvgIpc) is 2.25. The van der Waals surface area contributed by atoms with Crippen molar-refractivity contribution in [1.82, 2.24) is 4.98 Å². The minimum absolute atomic E-state index is 0.0826. The molecular weight excluding hydrogens is 285 g/mol. The van der Waals surface area contributed by atoms with Crippen molar-refractivity contribution < 1.29 is 32.4 Å². The van der Waals surface area contributed by atoms with E-state index in [1.54, 1.807) is 0 Å². The summed E-state index contributed by atoms with van der Waals surface area (Å²) >= 11 is 0. The molecule has 10 heteroatoms. The minimum Gasteiger partial charge on any atom is -0.462 e. The number of carbonyl (C=O) groups is 1. The van der Waals surface area contributed by atoms with Gasteiger partial charge in [-0.25, -0.2) is 4.79 Å². The van der Waals surface area contributed by atoms with Crippen LogP contribution < -0.4 is 4.74 Å². The highest BCUT2D eigenvalue weighted by Gasteiger charge is 2.36. The van der Waals surface area contributed by atoms with E-state index in [0.717, 1.165) is 6.92 Å². The van der Waals surface area contributed by atoms with Crippen molar-refractivity contribution in [2.45, 2.75) is 20.2 Å². The van der Waals surface area contributed by atoms with Gasteiger partial charge >= 0.3 is 18.1 Å². The van der Waals surface area contributed by atoms with Crippen LogP contribution in [0.5, 0.6) is 5.75 Å². The number of rotatable bonds is 4. The van der Waals surface area contributed by atoms with E-state index in [-0.39, 0.29) is 12.3 Å². The Balaban J connectivity index is 3.40. The summed E-state index contributed by atoms with van der Waals surface area (Å²) in [5.74, 6) is -2.99. The van der Waals surface area contributed by atoms with E-state index in [1.165, 1.54) is 6.92 Å². The predicted molar refractivity (Wildman–Crippen MR) is 58.3 cm³/mol. The molecule has 1 aromatic rings. The Hall–Kier alpha value is -2.39. The summed E-state index contributed by atoms with van der Waals surface area (Å²) in [5.41, 5.74) is -0.897. The maximum absolute atomic E-state index is 12.3. The van der Waals surface area contributed by atoms with E-state index >= 15 is 0 Å². The molecule has 0 amide bonds. The molecule has 0 radical (unpaired) electrons. The first-order chi connectivity index (χ1) is 9.15. The number of alkyl halides is 3. The first-order valence-electron chi connectivity index (χ1n) is 5.24. The van der Waals surface area contributed by atoms with Gasteiger partial charge in [0.05, 0.1) is 12.7 Å². The lowest BCUT2D eigenvalue weighted by Gasteiger charge is -2.12. The zero-order valence-corrected chi connectivity index (χ0v) is 10.4. The van der Waals surface area contributed by atoms with Gasteiger partial charge < -0.3 is 19.6 Å². The highest BCUT2D eigenvalue weighted by atomic mass is 19.4. The van der Waals surface area contributed by atoms with Crippen molar-refractivity contribution in [3.8, 4) is 5.75 Å². The molecule has 1 rings (SSSR count). The third kappa shape index (κ3) is 3.80. The number of hydrogen-bond donors (Lipinski definition) is 0. The molecule has 20 heavy (non-hydrogen) atoms. The third-order valence-electron chi connectivity index (χ3n) is 2.04. The second kappa shape index (κ2) is 5.72. The second-order valence-corrected chi connectivity index (χ2v) is 3.46. The molecule has 0 N–H and O–H groups in total. The summed E-state index contributed by atoms with van der Waals surface area (Å²) in [6, 6.07) is 0.423. The van der Waals surface area contributed by atoms with Crippen LogP contribution in [0.3, 0.4) is 0 Å². The smallest absolute Gasteiger partial charge is 0.462 e. The van der Waals surface area contributed by atoms with Crippen LogP contribution in [-0.2, 0) is 4.74 Å². The lowest BCUT2D eigenvalue weighted by molar-refractivity contribution is -0.389. The molecule has 0 aliphatic heterocycles. The summed E-state index contributed by atoms with van der Waals surface area (Å²) in [4.78, 5) is 24.6. The summed E-state index contributed by atoms with van der Waals surface area (Å²) in [6.45, 7) is 2.51. The second-order valence-electron chi connectivity index (χ2n) is 3.46. The van der Waals surface area contributed by atoms with Crippen LogP contribution in [0, 0.1) is 17.0 Å². The van der Waals surface area contributed by atoms with E-state index in [0.29, 0.717) is 6.07 Å². The molecular formula is C10H9F3N2O5. The SMILES string of the molecule is CCOC(=O)c1c(OC(F)(F)F)cc([N+](=O)[O-])nc1C. The van der Waals surface area contributed by atoms with Gasteiger partial charge in [-0.05, 0) is 16.8 Å². The van der Waals surface area contributed by atoms with Crippen LogP contribution in [0.4, 0.5) is 19.0 Å². The number of nitro groups is 1. The van der Waals surface area contributed by atoms with Crippen LogP contribution in [0.2, 0.25) is 0 Å². The summed E-state index contributed by atoms with van der Waals surface area (Å²) in [6.07, 6.45) is -5.11. The Morgan fingerprint density at radius 2 is 2.10 bits per heavy atom. The number of nitrogens with zero attached hydrogens (tertiary/aromatic N) is 2. The first kappa shape index (κ1) is 15.7. The number of aromatic nitrogens is 1. The largest absolute Gasteiger partial charge is 0.573 e. The zero-order chi connectivity index (χ0) is 15.5. The van der Waals surface area contributed by atoms with Crippen LogP contribution in [-0.4, -0.2) is 28.8 Å². The number of ether oxygens (including phenoxy) is 2. The van der Waals surface area contributed by atoms with Gasteiger partial charge in [0, 0.05) is 6.92 Å². The van der Waals surface area contributed by atoms with Crippen molar-refractivity contribution in [2.75, 3.05) is 6.61 Å². The van der Waals surface area contributed by atoms with Gasteiger partial charge in [-0.3, -0.25) is 0 Å². The predicted octanol–water partition coefficient (Wildman–Crippen LogP) is 2.37. The van der Waals surface area contributed by atoms with E-state index in [2.05, 4.69) is 14.5 Å². The van der Waals surface area contributed by atoms with Crippen LogP contribution in [0.15, 0.2) is 6.07 Å². The number of aryl methyl sites for hydroxylation is 1. The van der Waals surface area contributed by atoms with E-state index in [4.69, 9.17) is 0 Å². The lowest BCUT2D eigenvalue weighted by Crippen LogP contribution is -2.21. The molecule has 0 aliphatic carbocycles. The third-order valence-corrected chi connectivity index (χ3v) is 2.04. The first-order valence-corrected chi connectivity index (χ1v) is 5.24. The number of pyridine rings is 1. The molecule has 0 bridgehead atoms. The Bertz CT molecular complexity index is 544. The van der Waals surface area contributed by atoms with Crippen LogP contribution >= 0.6 is 0 Å². The van der Waals surface area contributed by atoms with Crippen molar-refractivity contribution >= 4 is 11.8 Å². The fourth-order valence-electron chi connectivity index (χ4n) is 1.38. The Morgan fingerprint density at radius 1 is 1.50 bits per heavy atom. The maximum Gasteiger partial charge on any atom is 0.573 e. The van der Waals surface area contributed by atoms with Gasteiger partial charge in [0.2, 0.25) is 0 Å². The van der Waals surface area contributed by atoms with E-state index in [1.807, 2.05) is 0 Å². The van der Waals surface area contributed by atoms with E-state index in [9.17, 15) is 28.1 Å². The number of halogens is 3. The quantitative estimate of drug-likeness (QED) is 0.481. The van der Waals surface area contributed by atoms with Crippen LogP contribution in [0.1, 0.15) is 23.0 Å². The Labute approximate surface area is 110 Å². The zero-order valence-electron chi connectivity index (χ0n) is 10.4. The summed E-state index contributed by atoms with van der Waals surface area (Å²) in [5, 5.41) is 10.6. The fourth-order valence-corrected chi connectivity index (χ4v) is 1.38. The topological polar surface area (TPSA) is 91.6 Å². The number of hydrogen-bond acceptors (Lipinski definition) is 6. The molecule has 0 saturated carbocycles. The monoisotopic (exact) mass is 294 g/mol. The average molecular weight is 294 g/mol. The molecule has 1 aromatic heterocycles. The lowest BCUT2D eigenvalue weighted by atomic mass is 10.2. The normalized spacial score (nSPS) is 11.1. The van der Waals surface area contributed by atoms with Crippen LogP contribution in [0.25, 0.3) is 0 Å². The molecule has 0 aromatic carbocycles. The fraction of sp³-hybridized carbons (Fsp3) is 0.400. The number of carbonyl (C=O) groups excluding carboxylic acids is 1. The van der Waals surface area contributed by atoms with Gasteiger partial charge in [0.25, 0.3) is 0 Å². The molecule has 110 valence electrons. The van der Waals surface area contributed by atoms with Crippen molar-refractivity contribution in [2.24, 2.45) is 0 Å². The van der Waals surface area contributed by atoms with Gasteiger partial charge in [0.15, 0.2) is 11.4 Å². The van der Waals surface area contributed by atoms with Gasteiger partial charge in [-0.15, -0.1) is 13.2 Å². The highest BCUT2D eigenvalue weighted by molar-refractivity contribution is 5.94. The van der Waals surface area contributed by atoms with Crippen molar-refractivity contribution in [3.63, 3.8) is 0 Å². The van der Waals surface area contributed by atoms with Gasteiger partial charge in [-0.1, -0.05) is 0 Å². The van der Waals surface area contributed by atoms with Gasteiger partial charge in [0.1, 0.15) is 5.56 Å². The van der Waals surface area contributed by atoms with Crippen molar-refractivity contribution in [3.05, 3.63) is 27.4 Å². The Kier molecular flexibility index (Phi) is 4.48. The molecule has 1 heterocycles. The van der Waals surface area contributed by atoms with E-state index < -0.39 is 34.4 Å². The molecule has 0 atom stereocenters. The highest BCUT2D eigenvalue weighted by Crippen LogP contribution is 2.31. The molecule has 0 spiro atoms. The maximum atomic E-state index is 12.3.